The lowest BCUT2D eigenvalue weighted by Gasteiger charge is -2.07. The molecule has 82 valence electrons. The quantitative estimate of drug-likeness (QED) is 0.747. The number of aromatic carboxylic acids is 1. The lowest BCUT2D eigenvalue weighted by atomic mass is 10.2. The van der Waals surface area contributed by atoms with Crippen LogP contribution in [-0.2, 0) is 15.4 Å². The van der Waals surface area contributed by atoms with Crippen molar-refractivity contribution < 1.29 is 18.4 Å². The maximum Gasteiger partial charge on any atom is 0.337 e. The molecule has 0 radical (unpaired) electrons. The molecule has 0 saturated heterocycles. The van der Waals surface area contributed by atoms with Gasteiger partial charge in [0.05, 0.1) is 11.3 Å². The van der Waals surface area contributed by atoms with Gasteiger partial charge >= 0.3 is 5.97 Å². The Labute approximate surface area is 89.7 Å². The molecule has 1 rings (SSSR count). The summed E-state index contributed by atoms with van der Waals surface area (Å²) in [5.74, 6) is -0.730. The Bertz CT molecular complexity index is 380. The molecule has 15 heavy (non-hydrogen) atoms. The summed E-state index contributed by atoms with van der Waals surface area (Å²) in [6.45, 7) is 1.70. The molecular formula is C9H11NO4S. The smallest absolute Gasteiger partial charge is 0.337 e. The van der Waals surface area contributed by atoms with Gasteiger partial charge in [0.2, 0.25) is 0 Å². The standard InChI is InChI=1S/C9H11NO4S/c1-2-15(13)14-10-8-6-4-3-5-7(8)9(11)12/h3-6,10H,2H2,1H3,(H,11,12). The number of para-hydroxylation sites is 1. The second kappa shape index (κ2) is 5.47. The van der Waals surface area contributed by atoms with Crippen LogP contribution in [0.4, 0.5) is 5.69 Å². The first kappa shape index (κ1) is 11.7. The maximum absolute atomic E-state index is 10.9. The van der Waals surface area contributed by atoms with Crippen molar-refractivity contribution in [1.82, 2.24) is 0 Å². The van der Waals surface area contributed by atoms with Gasteiger partial charge in [-0.25, -0.2) is 9.00 Å². The van der Waals surface area contributed by atoms with Crippen LogP contribution in [0.3, 0.4) is 0 Å². The number of benzene rings is 1. The third kappa shape index (κ3) is 3.34. The fraction of sp³-hybridized carbons (Fsp3) is 0.222. The van der Waals surface area contributed by atoms with Crippen LogP contribution in [0.2, 0.25) is 0 Å². The molecule has 0 aliphatic rings. The molecule has 1 aromatic carbocycles. The first-order chi connectivity index (χ1) is 7.15. The van der Waals surface area contributed by atoms with Crippen molar-refractivity contribution in [3.63, 3.8) is 0 Å². The Morgan fingerprint density at radius 2 is 2.20 bits per heavy atom. The molecule has 6 heteroatoms. The molecule has 0 aliphatic heterocycles. The average Bonchev–Trinajstić information content (AvgIpc) is 2.26. The van der Waals surface area contributed by atoms with E-state index in [1.54, 1.807) is 19.1 Å². The van der Waals surface area contributed by atoms with Crippen LogP contribution in [0.5, 0.6) is 0 Å². The van der Waals surface area contributed by atoms with Gasteiger partial charge in [0, 0.05) is 5.75 Å². The van der Waals surface area contributed by atoms with Gasteiger partial charge in [-0.05, 0) is 12.1 Å². The molecule has 0 aromatic heterocycles. The predicted molar refractivity (Wildman–Crippen MR) is 56.8 cm³/mol. The van der Waals surface area contributed by atoms with Gasteiger partial charge in [0.1, 0.15) is 0 Å². The van der Waals surface area contributed by atoms with Gasteiger partial charge in [-0.15, -0.1) is 0 Å². The highest BCUT2D eigenvalue weighted by Crippen LogP contribution is 2.14. The largest absolute Gasteiger partial charge is 0.478 e. The summed E-state index contributed by atoms with van der Waals surface area (Å²) in [6.07, 6.45) is 0. The van der Waals surface area contributed by atoms with Crippen LogP contribution < -0.4 is 5.48 Å². The van der Waals surface area contributed by atoms with Crippen molar-refractivity contribution >= 4 is 22.7 Å². The van der Waals surface area contributed by atoms with Crippen molar-refractivity contribution in [2.24, 2.45) is 0 Å². The van der Waals surface area contributed by atoms with E-state index in [0.29, 0.717) is 5.75 Å². The van der Waals surface area contributed by atoms with E-state index in [0.717, 1.165) is 0 Å². The van der Waals surface area contributed by atoms with Crippen molar-refractivity contribution in [3.8, 4) is 0 Å². The first-order valence-corrected chi connectivity index (χ1v) is 5.53. The van der Waals surface area contributed by atoms with E-state index in [1.807, 2.05) is 0 Å². The van der Waals surface area contributed by atoms with Crippen LogP contribution in [0, 0.1) is 0 Å². The van der Waals surface area contributed by atoms with Crippen LogP contribution in [-0.4, -0.2) is 21.0 Å². The highest BCUT2D eigenvalue weighted by molar-refractivity contribution is 7.80. The second-order valence-electron chi connectivity index (χ2n) is 2.63. The van der Waals surface area contributed by atoms with Gasteiger partial charge in [0.15, 0.2) is 11.1 Å². The minimum absolute atomic E-state index is 0.0746. The zero-order chi connectivity index (χ0) is 11.3. The van der Waals surface area contributed by atoms with Crippen LogP contribution in [0.1, 0.15) is 17.3 Å². The molecule has 1 aromatic rings. The molecule has 5 nitrogen and oxygen atoms in total. The average molecular weight is 229 g/mol. The Hall–Kier alpha value is -1.40. The lowest BCUT2D eigenvalue weighted by molar-refractivity contribution is 0.0697. The summed E-state index contributed by atoms with van der Waals surface area (Å²) in [6, 6.07) is 6.23. The number of nitrogens with one attached hydrogen (secondary N) is 1. The van der Waals surface area contributed by atoms with Gasteiger partial charge in [0.25, 0.3) is 0 Å². The van der Waals surface area contributed by atoms with Gasteiger partial charge < -0.3 is 5.11 Å². The summed E-state index contributed by atoms with van der Waals surface area (Å²) < 4.78 is 15.7. The number of rotatable bonds is 5. The molecule has 0 amide bonds. The monoisotopic (exact) mass is 229 g/mol. The molecule has 1 atom stereocenters. The summed E-state index contributed by atoms with van der Waals surface area (Å²) in [7, 11) is 0. The van der Waals surface area contributed by atoms with Gasteiger partial charge in [-0.3, -0.25) is 5.48 Å². The number of carboxylic acid groups (broad SMARTS) is 1. The molecule has 0 aliphatic carbocycles. The summed E-state index contributed by atoms with van der Waals surface area (Å²) in [4.78, 5) is 10.8. The third-order valence-electron chi connectivity index (χ3n) is 1.64. The highest BCUT2D eigenvalue weighted by atomic mass is 32.2. The molecule has 0 bridgehead atoms. The zero-order valence-electron chi connectivity index (χ0n) is 8.10. The van der Waals surface area contributed by atoms with E-state index in [1.165, 1.54) is 12.1 Å². The molecule has 0 saturated carbocycles. The summed E-state index contributed by atoms with van der Waals surface area (Å²) in [5.41, 5.74) is 2.72. The molecule has 0 spiro atoms. The Morgan fingerprint density at radius 1 is 1.53 bits per heavy atom. The van der Waals surface area contributed by atoms with Crippen LogP contribution in [0.15, 0.2) is 24.3 Å². The van der Waals surface area contributed by atoms with Crippen molar-refractivity contribution in [2.75, 3.05) is 11.2 Å². The van der Waals surface area contributed by atoms with E-state index in [-0.39, 0.29) is 11.3 Å². The van der Waals surface area contributed by atoms with Gasteiger partial charge in [-0.1, -0.05) is 19.1 Å². The molecule has 2 N–H and O–H groups in total. The fourth-order valence-electron chi connectivity index (χ4n) is 0.909. The normalized spacial score (nSPS) is 12.1. The Morgan fingerprint density at radius 3 is 2.80 bits per heavy atom. The van der Waals surface area contributed by atoms with Crippen molar-refractivity contribution in [3.05, 3.63) is 29.8 Å². The summed E-state index contributed by atoms with van der Waals surface area (Å²) >= 11 is -1.45. The Kier molecular flexibility index (Phi) is 4.26. The predicted octanol–water partition coefficient (Wildman–Crippen LogP) is 1.41. The SMILES string of the molecule is CCS(=O)ONc1ccccc1C(=O)O. The zero-order valence-corrected chi connectivity index (χ0v) is 8.91. The molecule has 0 fully saturated rings. The molecule has 1 unspecified atom stereocenters. The van der Waals surface area contributed by atoms with E-state index in [2.05, 4.69) is 5.48 Å². The highest BCUT2D eigenvalue weighted by Gasteiger charge is 2.09. The second-order valence-corrected chi connectivity index (χ2v) is 3.98. The number of hydrogen-bond acceptors (Lipinski definition) is 4. The van der Waals surface area contributed by atoms with Gasteiger partial charge in [-0.2, -0.15) is 4.28 Å². The van der Waals surface area contributed by atoms with E-state index >= 15 is 0 Å². The number of hydrogen-bond donors (Lipinski definition) is 2. The lowest BCUT2D eigenvalue weighted by Crippen LogP contribution is -2.09. The minimum atomic E-state index is -1.45. The van der Waals surface area contributed by atoms with Crippen molar-refractivity contribution in [2.45, 2.75) is 6.92 Å². The van der Waals surface area contributed by atoms with E-state index < -0.39 is 17.0 Å². The molecular weight excluding hydrogens is 218 g/mol. The minimum Gasteiger partial charge on any atom is -0.478 e. The van der Waals surface area contributed by atoms with Crippen LogP contribution >= 0.6 is 0 Å². The third-order valence-corrected chi connectivity index (χ3v) is 2.38. The van der Waals surface area contributed by atoms with Crippen LogP contribution in [0.25, 0.3) is 0 Å². The maximum atomic E-state index is 10.9. The number of carbonyl (C=O) groups is 1. The number of anilines is 1. The summed E-state index contributed by atoms with van der Waals surface area (Å²) in [5, 5.41) is 8.82. The first-order valence-electron chi connectivity index (χ1n) is 4.29. The Balaban J connectivity index is 2.76. The van der Waals surface area contributed by atoms with E-state index in [9.17, 15) is 9.00 Å². The fourth-order valence-corrected chi connectivity index (χ4v) is 1.21. The molecule has 0 heterocycles. The topological polar surface area (TPSA) is 75.6 Å². The number of carboxylic acids is 1. The van der Waals surface area contributed by atoms with E-state index in [4.69, 9.17) is 9.39 Å². The van der Waals surface area contributed by atoms with Crippen molar-refractivity contribution in [1.29, 1.82) is 0 Å².